The Hall–Kier alpha value is -0.510. The first-order valence-corrected chi connectivity index (χ1v) is 7.43. The fourth-order valence-electron chi connectivity index (χ4n) is 2.42. The van der Waals surface area contributed by atoms with Gasteiger partial charge in [-0.15, -0.1) is 11.8 Å². The average Bonchev–Trinajstić information content (AvgIpc) is 2.39. The maximum atomic E-state index is 5.47. The highest BCUT2D eigenvalue weighted by molar-refractivity contribution is 7.98. The molecule has 1 fully saturated rings. The molecule has 1 heterocycles. The molecule has 0 spiro atoms. The van der Waals surface area contributed by atoms with E-state index in [1.807, 2.05) is 18.9 Å². The first-order valence-electron chi connectivity index (χ1n) is 6.20. The Balaban J connectivity index is 2.00. The number of methoxy groups -OCH3 is 1. The Kier molecular flexibility index (Phi) is 4.89. The van der Waals surface area contributed by atoms with Gasteiger partial charge in [-0.25, -0.2) is 0 Å². The monoisotopic (exact) mass is 251 g/mol. The Bertz CT molecular complexity index is 356. The van der Waals surface area contributed by atoms with Gasteiger partial charge in [0.15, 0.2) is 0 Å². The molecule has 1 aliphatic heterocycles. The molecule has 0 bridgehead atoms. The van der Waals surface area contributed by atoms with Crippen LogP contribution < -0.4 is 0 Å². The molecule has 94 valence electrons. The van der Waals surface area contributed by atoms with Gasteiger partial charge in [-0.1, -0.05) is 18.2 Å². The Labute approximate surface area is 108 Å². The number of rotatable bonds is 4. The zero-order valence-electron chi connectivity index (χ0n) is 10.7. The van der Waals surface area contributed by atoms with Crippen molar-refractivity contribution in [2.45, 2.75) is 30.4 Å². The molecule has 0 aliphatic carbocycles. The summed E-state index contributed by atoms with van der Waals surface area (Å²) in [5, 5.41) is 0. The van der Waals surface area contributed by atoms with E-state index in [4.69, 9.17) is 4.74 Å². The van der Waals surface area contributed by atoms with E-state index >= 15 is 0 Å². The Morgan fingerprint density at radius 3 is 3.00 bits per heavy atom. The zero-order valence-corrected chi connectivity index (χ0v) is 11.5. The normalized spacial score (nSPS) is 21.6. The maximum Gasteiger partial charge on any atom is 0.0698 e. The number of thioether (sulfide) groups is 1. The summed E-state index contributed by atoms with van der Waals surface area (Å²) in [7, 11) is 1.82. The van der Waals surface area contributed by atoms with Gasteiger partial charge in [-0.3, -0.25) is 4.90 Å². The van der Waals surface area contributed by atoms with E-state index in [9.17, 15) is 0 Å². The average molecular weight is 251 g/mol. The lowest BCUT2D eigenvalue weighted by molar-refractivity contribution is 0.0283. The van der Waals surface area contributed by atoms with Crippen LogP contribution in [0.15, 0.2) is 29.2 Å². The molecular formula is C14H21NOS. The van der Waals surface area contributed by atoms with Crippen molar-refractivity contribution in [3.05, 3.63) is 29.8 Å². The van der Waals surface area contributed by atoms with Gasteiger partial charge in [0.1, 0.15) is 0 Å². The summed E-state index contributed by atoms with van der Waals surface area (Å²) in [4.78, 5) is 3.90. The molecule has 0 N–H and O–H groups in total. The molecule has 1 aliphatic rings. The third-order valence-electron chi connectivity index (χ3n) is 3.38. The predicted molar refractivity (Wildman–Crippen MR) is 73.5 cm³/mol. The molecule has 3 heteroatoms. The number of hydrogen-bond acceptors (Lipinski definition) is 3. The quantitative estimate of drug-likeness (QED) is 0.763. The van der Waals surface area contributed by atoms with Crippen molar-refractivity contribution < 1.29 is 4.74 Å². The second-order valence-electron chi connectivity index (χ2n) is 4.55. The largest absolute Gasteiger partial charge is 0.380 e. The van der Waals surface area contributed by atoms with E-state index in [1.54, 1.807) is 0 Å². The molecule has 1 saturated heterocycles. The standard InChI is InChI=1S/C14H21NOS/c1-16-13-7-5-9-15(11-13)10-12-6-3-4-8-14(12)17-2/h3-4,6,8,13H,5,7,9-11H2,1-2H3/t13-/m0/s1. The summed E-state index contributed by atoms with van der Waals surface area (Å²) in [6.07, 6.45) is 5.02. The van der Waals surface area contributed by atoms with E-state index in [0.29, 0.717) is 6.10 Å². The highest BCUT2D eigenvalue weighted by Crippen LogP contribution is 2.23. The maximum absolute atomic E-state index is 5.47. The van der Waals surface area contributed by atoms with Gasteiger partial charge in [0.05, 0.1) is 6.10 Å². The summed E-state index contributed by atoms with van der Waals surface area (Å²) < 4.78 is 5.47. The van der Waals surface area contributed by atoms with Gasteiger partial charge in [-0.2, -0.15) is 0 Å². The molecule has 0 radical (unpaired) electrons. The topological polar surface area (TPSA) is 12.5 Å². The molecule has 17 heavy (non-hydrogen) atoms. The highest BCUT2D eigenvalue weighted by atomic mass is 32.2. The van der Waals surface area contributed by atoms with Gasteiger partial charge in [0.25, 0.3) is 0 Å². The van der Waals surface area contributed by atoms with Crippen molar-refractivity contribution >= 4 is 11.8 Å². The molecule has 0 amide bonds. The minimum Gasteiger partial charge on any atom is -0.380 e. The number of ether oxygens (including phenoxy) is 1. The fraction of sp³-hybridized carbons (Fsp3) is 0.571. The van der Waals surface area contributed by atoms with Crippen LogP contribution in [0.3, 0.4) is 0 Å². The lowest BCUT2D eigenvalue weighted by atomic mass is 10.1. The van der Waals surface area contributed by atoms with Crippen LogP contribution in [0.25, 0.3) is 0 Å². The lowest BCUT2D eigenvalue weighted by Crippen LogP contribution is -2.38. The molecule has 2 nitrogen and oxygen atoms in total. The van der Waals surface area contributed by atoms with E-state index in [-0.39, 0.29) is 0 Å². The number of hydrogen-bond donors (Lipinski definition) is 0. The van der Waals surface area contributed by atoms with Crippen molar-refractivity contribution in [3.63, 3.8) is 0 Å². The number of piperidine rings is 1. The van der Waals surface area contributed by atoms with Crippen LogP contribution in [0.2, 0.25) is 0 Å². The molecule has 2 rings (SSSR count). The van der Waals surface area contributed by atoms with Crippen LogP contribution in [0.5, 0.6) is 0 Å². The molecule has 0 aromatic heterocycles. The van der Waals surface area contributed by atoms with Crippen molar-refractivity contribution in [3.8, 4) is 0 Å². The Morgan fingerprint density at radius 1 is 1.41 bits per heavy atom. The third kappa shape index (κ3) is 3.47. The first-order chi connectivity index (χ1) is 8.33. The van der Waals surface area contributed by atoms with Crippen LogP contribution in [0, 0.1) is 0 Å². The number of benzene rings is 1. The minimum atomic E-state index is 0.421. The van der Waals surface area contributed by atoms with Gasteiger partial charge < -0.3 is 4.74 Å². The molecular weight excluding hydrogens is 230 g/mol. The Morgan fingerprint density at radius 2 is 2.24 bits per heavy atom. The molecule has 0 saturated carbocycles. The number of likely N-dealkylation sites (tertiary alicyclic amines) is 1. The van der Waals surface area contributed by atoms with Crippen LogP contribution in [0.1, 0.15) is 18.4 Å². The molecule has 1 atom stereocenters. The van der Waals surface area contributed by atoms with Gasteiger partial charge in [0.2, 0.25) is 0 Å². The van der Waals surface area contributed by atoms with E-state index < -0.39 is 0 Å². The lowest BCUT2D eigenvalue weighted by Gasteiger charge is -2.32. The van der Waals surface area contributed by atoms with Crippen molar-refractivity contribution in [1.29, 1.82) is 0 Å². The minimum absolute atomic E-state index is 0.421. The highest BCUT2D eigenvalue weighted by Gasteiger charge is 2.19. The molecule has 0 unspecified atom stereocenters. The van der Waals surface area contributed by atoms with Gasteiger partial charge >= 0.3 is 0 Å². The van der Waals surface area contributed by atoms with Gasteiger partial charge in [-0.05, 0) is 37.3 Å². The predicted octanol–water partition coefficient (Wildman–Crippen LogP) is 3.02. The van der Waals surface area contributed by atoms with E-state index in [2.05, 4.69) is 35.4 Å². The van der Waals surface area contributed by atoms with Crippen molar-refractivity contribution in [1.82, 2.24) is 4.90 Å². The first kappa shape index (κ1) is 12.9. The summed E-state index contributed by atoms with van der Waals surface area (Å²) in [6.45, 7) is 3.32. The van der Waals surface area contributed by atoms with Crippen LogP contribution in [-0.4, -0.2) is 37.5 Å². The van der Waals surface area contributed by atoms with E-state index in [0.717, 1.165) is 13.1 Å². The summed E-state index contributed by atoms with van der Waals surface area (Å²) in [5.41, 5.74) is 1.44. The second kappa shape index (κ2) is 6.43. The van der Waals surface area contributed by atoms with E-state index in [1.165, 1.54) is 29.8 Å². The molecule has 1 aromatic rings. The summed E-state index contributed by atoms with van der Waals surface area (Å²) in [6, 6.07) is 8.69. The summed E-state index contributed by atoms with van der Waals surface area (Å²) in [5.74, 6) is 0. The van der Waals surface area contributed by atoms with Crippen molar-refractivity contribution in [2.75, 3.05) is 26.5 Å². The SMILES string of the molecule is CO[C@H]1CCCN(Cc2ccccc2SC)C1. The van der Waals surface area contributed by atoms with Crippen LogP contribution >= 0.6 is 11.8 Å². The van der Waals surface area contributed by atoms with Crippen molar-refractivity contribution in [2.24, 2.45) is 0 Å². The zero-order chi connectivity index (χ0) is 12.1. The summed E-state index contributed by atoms with van der Waals surface area (Å²) >= 11 is 1.83. The smallest absolute Gasteiger partial charge is 0.0698 e. The number of nitrogens with zero attached hydrogens (tertiary/aromatic N) is 1. The van der Waals surface area contributed by atoms with Crippen LogP contribution in [0.4, 0.5) is 0 Å². The van der Waals surface area contributed by atoms with Gasteiger partial charge in [0, 0.05) is 25.1 Å². The third-order valence-corrected chi connectivity index (χ3v) is 4.22. The van der Waals surface area contributed by atoms with Crippen LogP contribution in [-0.2, 0) is 11.3 Å². The second-order valence-corrected chi connectivity index (χ2v) is 5.39. The fourth-order valence-corrected chi connectivity index (χ4v) is 3.03. The molecule has 1 aromatic carbocycles.